The fourth-order valence-corrected chi connectivity index (χ4v) is 1.73. The van der Waals surface area contributed by atoms with Crippen LogP contribution in [0.25, 0.3) is 0 Å². The van der Waals surface area contributed by atoms with Gasteiger partial charge in [-0.25, -0.2) is 4.68 Å². The lowest BCUT2D eigenvalue weighted by atomic mass is 10.2. The van der Waals surface area contributed by atoms with Gasteiger partial charge in [0.2, 0.25) is 0 Å². The Morgan fingerprint density at radius 2 is 2.29 bits per heavy atom. The van der Waals surface area contributed by atoms with Crippen LogP contribution < -0.4 is 15.8 Å². The van der Waals surface area contributed by atoms with Crippen LogP contribution in [-0.2, 0) is 11.3 Å². The molecule has 0 spiro atoms. The number of nitrogens with one attached hydrogen (secondary N) is 1. The van der Waals surface area contributed by atoms with Crippen molar-refractivity contribution in [1.82, 2.24) is 15.1 Å². The van der Waals surface area contributed by atoms with E-state index in [0.717, 1.165) is 11.3 Å². The molecule has 0 aliphatic carbocycles. The van der Waals surface area contributed by atoms with E-state index in [1.807, 2.05) is 11.9 Å². The van der Waals surface area contributed by atoms with Crippen LogP contribution in [0.4, 0.5) is 5.69 Å². The SMILES string of the molecule is C=C(CNC(C)C)Cn1ncc(N(C)CCOC)cc1=O. The van der Waals surface area contributed by atoms with E-state index >= 15 is 0 Å². The molecule has 0 bridgehead atoms. The summed E-state index contributed by atoms with van der Waals surface area (Å²) < 4.78 is 6.45. The van der Waals surface area contributed by atoms with Gasteiger partial charge in [0.05, 0.1) is 25.0 Å². The van der Waals surface area contributed by atoms with Crippen LogP contribution in [0.2, 0.25) is 0 Å². The van der Waals surface area contributed by atoms with E-state index in [4.69, 9.17) is 4.74 Å². The van der Waals surface area contributed by atoms with Crippen molar-refractivity contribution < 1.29 is 4.74 Å². The van der Waals surface area contributed by atoms with Gasteiger partial charge in [0.1, 0.15) is 0 Å². The summed E-state index contributed by atoms with van der Waals surface area (Å²) in [7, 11) is 3.56. The van der Waals surface area contributed by atoms with Crippen molar-refractivity contribution in [2.75, 3.05) is 38.8 Å². The van der Waals surface area contributed by atoms with E-state index in [1.165, 1.54) is 4.68 Å². The summed E-state index contributed by atoms with van der Waals surface area (Å²) in [6.07, 6.45) is 1.69. The van der Waals surface area contributed by atoms with Gasteiger partial charge in [-0.05, 0) is 5.57 Å². The number of rotatable bonds is 9. The summed E-state index contributed by atoms with van der Waals surface area (Å²) in [4.78, 5) is 14.0. The monoisotopic (exact) mass is 294 g/mol. The quantitative estimate of drug-likeness (QED) is 0.685. The molecule has 0 fully saturated rings. The van der Waals surface area contributed by atoms with E-state index in [2.05, 4.69) is 30.8 Å². The molecule has 6 nitrogen and oxygen atoms in total. The number of hydrogen-bond donors (Lipinski definition) is 1. The minimum absolute atomic E-state index is 0.123. The molecule has 21 heavy (non-hydrogen) atoms. The number of hydrogen-bond acceptors (Lipinski definition) is 5. The van der Waals surface area contributed by atoms with Crippen LogP contribution in [0.15, 0.2) is 29.2 Å². The molecular formula is C15H26N4O2. The lowest BCUT2D eigenvalue weighted by molar-refractivity contribution is 0.206. The Morgan fingerprint density at radius 3 is 2.86 bits per heavy atom. The fourth-order valence-electron chi connectivity index (χ4n) is 1.73. The third-order valence-corrected chi connectivity index (χ3v) is 3.06. The predicted molar refractivity (Wildman–Crippen MR) is 85.9 cm³/mol. The van der Waals surface area contributed by atoms with Crippen molar-refractivity contribution in [3.05, 3.63) is 34.8 Å². The Balaban J connectivity index is 2.66. The first kappa shape index (κ1) is 17.4. The van der Waals surface area contributed by atoms with Crippen molar-refractivity contribution >= 4 is 5.69 Å². The largest absolute Gasteiger partial charge is 0.383 e. The molecular weight excluding hydrogens is 268 g/mol. The Hall–Kier alpha value is -1.66. The van der Waals surface area contributed by atoms with Gasteiger partial charge in [0.15, 0.2) is 0 Å². The molecule has 6 heteroatoms. The maximum absolute atomic E-state index is 12.1. The number of aromatic nitrogens is 2. The molecule has 0 saturated heterocycles. The normalized spacial score (nSPS) is 10.9. The summed E-state index contributed by atoms with van der Waals surface area (Å²) in [5.74, 6) is 0. The molecule has 0 saturated carbocycles. The van der Waals surface area contributed by atoms with E-state index < -0.39 is 0 Å². The van der Waals surface area contributed by atoms with Crippen molar-refractivity contribution in [2.45, 2.75) is 26.4 Å². The van der Waals surface area contributed by atoms with Crippen LogP contribution in [0.3, 0.4) is 0 Å². The van der Waals surface area contributed by atoms with Gasteiger partial charge in [-0.3, -0.25) is 4.79 Å². The summed E-state index contributed by atoms with van der Waals surface area (Å²) in [5, 5.41) is 7.48. The molecule has 1 aromatic heterocycles. The van der Waals surface area contributed by atoms with Crippen molar-refractivity contribution in [2.24, 2.45) is 0 Å². The Labute approximate surface area is 126 Å². The smallest absolute Gasteiger partial charge is 0.269 e. The average molecular weight is 294 g/mol. The Morgan fingerprint density at radius 1 is 1.57 bits per heavy atom. The van der Waals surface area contributed by atoms with Gasteiger partial charge in [0, 0.05) is 39.4 Å². The first-order valence-electron chi connectivity index (χ1n) is 7.11. The molecule has 1 N–H and O–H groups in total. The van der Waals surface area contributed by atoms with Gasteiger partial charge >= 0.3 is 0 Å². The Bertz CT molecular complexity index is 511. The maximum atomic E-state index is 12.1. The molecule has 0 aromatic carbocycles. The zero-order valence-electron chi connectivity index (χ0n) is 13.4. The summed E-state index contributed by atoms with van der Waals surface area (Å²) in [6.45, 7) is 10.6. The zero-order chi connectivity index (χ0) is 15.8. The number of ether oxygens (including phenoxy) is 1. The van der Waals surface area contributed by atoms with Crippen molar-refractivity contribution in [3.8, 4) is 0 Å². The second-order valence-electron chi connectivity index (χ2n) is 5.41. The molecule has 0 aliphatic rings. The third kappa shape index (κ3) is 6.10. The summed E-state index contributed by atoms with van der Waals surface area (Å²) in [6, 6.07) is 1.98. The molecule has 118 valence electrons. The summed E-state index contributed by atoms with van der Waals surface area (Å²) >= 11 is 0. The topological polar surface area (TPSA) is 59.4 Å². The van der Waals surface area contributed by atoms with Crippen molar-refractivity contribution in [1.29, 1.82) is 0 Å². The number of methoxy groups -OCH3 is 1. The van der Waals surface area contributed by atoms with Crippen LogP contribution in [0, 0.1) is 0 Å². The molecule has 1 rings (SSSR count). The predicted octanol–water partition coefficient (Wildman–Crippen LogP) is 0.880. The molecule has 1 heterocycles. The van der Waals surface area contributed by atoms with Gasteiger partial charge in [-0.1, -0.05) is 20.4 Å². The molecule has 0 unspecified atom stereocenters. The average Bonchev–Trinajstić information content (AvgIpc) is 2.44. The van der Waals surface area contributed by atoms with Gasteiger partial charge in [-0.15, -0.1) is 0 Å². The highest BCUT2D eigenvalue weighted by molar-refractivity contribution is 5.41. The molecule has 0 radical (unpaired) electrons. The lowest BCUT2D eigenvalue weighted by Crippen LogP contribution is -2.30. The first-order chi connectivity index (χ1) is 9.93. The second kappa shape index (κ2) is 8.59. The van der Waals surface area contributed by atoms with E-state index in [0.29, 0.717) is 32.3 Å². The maximum Gasteiger partial charge on any atom is 0.269 e. The minimum Gasteiger partial charge on any atom is -0.383 e. The van der Waals surface area contributed by atoms with E-state index in [9.17, 15) is 4.79 Å². The lowest BCUT2D eigenvalue weighted by Gasteiger charge is -2.18. The van der Waals surface area contributed by atoms with Crippen LogP contribution in [0.1, 0.15) is 13.8 Å². The van der Waals surface area contributed by atoms with Crippen molar-refractivity contribution in [3.63, 3.8) is 0 Å². The van der Waals surface area contributed by atoms with Gasteiger partial charge < -0.3 is 15.0 Å². The van der Waals surface area contributed by atoms with Crippen LogP contribution in [-0.4, -0.2) is 49.7 Å². The number of nitrogens with zero attached hydrogens (tertiary/aromatic N) is 3. The molecule has 0 atom stereocenters. The molecule has 0 amide bonds. The van der Waals surface area contributed by atoms with E-state index in [-0.39, 0.29) is 5.56 Å². The van der Waals surface area contributed by atoms with Gasteiger partial charge in [0.25, 0.3) is 5.56 Å². The first-order valence-corrected chi connectivity index (χ1v) is 7.11. The highest BCUT2D eigenvalue weighted by atomic mass is 16.5. The van der Waals surface area contributed by atoms with Crippen LogP contribution in [0.5, 0.6) is 0 Å². The van der Waals surface area contributed by atoms with E-state index in [1.54, 1.807) is 19.4 Å². The third-order valence-electron chi connectivity index (χ3n) is 3.06. The Kier molecular flexibility index (Phi) is 7.11. The van der Waals surface area contributed by atoms with Crippen LogP contribution >= 0.6 is 0 Å². The minimum atomic E-state index is -0.123. The highest BCUT2D eigenvalue weighted by Gasteiger charge is 2.06. The number of likely N-dealkylation sites (N-methyl/N-ethyl adjacent to an activating group) is 1. The highest BCUT2D eigenvalue weighted by Crippen LogP contribution is 2.06. The van der Waals surface area contributed by atoms with Gasteiger partial charge in [-0.2, -0.15) is 5.10 Å². The zero-order valence-corrected chi connectivity index (χ0v) is 13.4. The summed E-state index contributed by atoms with van der Waals surface area (Å²) in [5.41, 5.74) is 1.60. The fraction of sp³-hybridized carbons (Fsp3) is 0.600. The second-order valence-corrected chi connectivity index (χ2v) is 5.41. The standard InChI is InChI=1S/C15H26N4O2/c1-12(2)16-9-13(3)11-19-15(20)8-14(10-17-19)18(4)6-7-21-5/h8,10,12,16H,3,6-7,9,11H2,1-2,4-5H3. The molecule has 1 aromatic rings. The number of anilines is 1. The molecule has 0 aliphatic heterocycles.